The van der Waals surface area contributed by atoms with Gasteiger partial charge in [-0.2, -0.15) is 5.10 Å². The average molecular weight is 429 g/mol. The zero-order valence-corrected chi connectivity index (χ0v) is 14.1. The molecule has 0 saturated heterocycles. The summed E-state index contributed by atoms with van der Waals surface area (Å²) in [6, 6.07) is 5.94. The monoisotopic (exact) mass is 427 g/mol. The van der Waals surface area contributed by atoms with Crippen LogP contribution in [0, 0.1) is 5.82 Å². The molecule has 0 amide bonds. The number of aromatic nitrogens is 3. The number of halogens is 3. The van der Waals surface area contributed by atoms with Crippen LogP contribution in [0.3, 0.4) is 0 Å². The van der Waals surface area contributed by atoms with Crippen LogP contribution in [0.15, 0.2) is 54.9 Å². The second-order valence-electron chi connectivity index (χ2n) is 4.42. The Balaban J connectivity index is 1.89. The van der Waals surface area contributed by atoms with E-state index in [1.165, 1.54) is 29.3 Å². The van der Waals surface area contributed by atoms with Crippen LogP contribution >= 0.6 is 31.9 Å². The van der Waals surface area contributed by atoms with Crippen molar-refractivity contribution in [1.82, 2.24) is 14.8 Å². The van der Waals surface area contributed by atoms with Gasteiger partial charge in [0.1, 0.15) is 22.2 Å². The molecule has 22 heavy (non-hydrogen) atoms. The maximum Gasteiger partial charge on any atom is 0.282 e. The lowest BCUT2D eigenvalue weighted by Crippen LogP contribution is -2.24. The summed E-state index contributed by atoms with van der Waals surface area (Å²) in [5.41, 5.74) is 0.760. The smallest absolute Gasteiger partial charge is 0.282 e. The molecule has 0 saturated carbocycles. The van der Waals surface area contributed by atoms with E-state index in [0.717, 1.165) is 0 Å². The Morgan fingerprint density at radius 1 is 1.32 bits per heavy atom. The standard InChI is InChI=1S/C14H8Br2FN3O2/c15-11-5-18-20(14(21)12(11)16)6-10-7-22-13(19-10)8-2-1-3-9(17)4-8/h1-5,7H,6H2. The van der Waals surface area contributed by atoms with Gasteiger partial charge in [0.05, 0.1) is 17.2 Å². The number of benzene rings is 1. The quantitative estimate of drug-likeness (QED) is 0.639. The van der Waals surface area contributed by atoms with Crippen LogP contribution < -0.4 is 5.56 Å². The molecule has 3 rings (SSSR count). The Hall–Kier alpha value is -1.80. The van der Waals surface area contributed by atoms with Crippen LogP contribution in [0.1, 0.15) is 5.69 Å². The summed E-state index contributed by atoms with van der Waals surface area (Å²) in [6.07, 6.45) is 2.93. The molecule has 0 N–H and O–H groups in total. The van der Waals surface area contributed by atoms with Crippen molar-refractivity contribution in [3.8, 4) is 11.5 Å². The maximum absolute atomic E-state index is 13.2. The van der Waals surface area contributed by atoms with Gasteiger partial charge in [-0.1, -0.05) is 6.07 Å². The second kappa shape index (κ2) is 6.13. The van der Waals surface area contributed by atoms with Crippen LogP contribution in [0.5, 0.6) is 0 Å². The Morgan fingerprint density at radius 2 is 2.14 bits per heavy atom. The van der Waals surface area contributed by atoms with E-state index in [0.29, 0.717) is 26.1 Å². The summed E-state index contributed by atoms with van der Waals surface area (Å²) in [7, 11) is 0. The fourth-order valence-electron chi connectivity index (χ4n) is 1.84. The van der Waals surface area contributed by atoms with Crippen molar-refractivity contribution in [3.63, 3.8) is 0 Å². The number of hydrogen-bond donors (Lipinski definition) is 0. The zero-order chi connectivity index (χ0) is 15.7. The first-order valence-electron chi connectivity index (χ1n) is 6.16. The van der Waals surface area contributed by atoms with Crippen molar-refractivity contribution in [2.45, 2.75) is 6.54 Å². The molecule has 5 nitrogen and oxygen atoms in total. The molecule has 0 unspecified atom stereocenters. The summed E-state index contributed by atoms with van der Waals surface area (Å²) in [5.74, 6) is -0.0781. The molecule has 3 aromatic rings. The van der Waals surface area contributed by atoms with E-state index in [4.69, 9.17) is 4.42 Å². The van der Waals surface area contributed by atoms with Crippen LogP contribution in [0.2, 0.25) is 0 Å². The first-order valence-corrected chi connectivity index (χ1v) is 7.74. The molecular weight excluding hydrogens is 421 g/mol. The minimum Gasteiger partial charge on any atom is -0.444 e. The highest BCUT2D eigenvalue weighted by Crippen LogP contribution is 2.20. The number of hydrogen-bond acceptors (Lipinski definition) is 4. The van der Waals surface area contributed by atoms with Crippen molar-refractivity contribution in [1.29, 1.82) is 0 Å². The number of oxazole rings is 1. The molecule has 0 fully saturated rings. The topological polar surface area (TPSA) is 60.9 Å². The highest BCUT2D eigenvalue weighted by molar-refractivity contribution is 9.13. The molecule has 0 aliphatic heterocycles. The van der Waals surface area contributed by atoms with Crippen LogP contribution in [-0.4, -0.2) is 14.8 Å². The molecule has 112 valence electrons. The van der Waals surface area contributed by atoms with Gasteiger partial charge in [-0.05, 0) is 50.1 Å². The molecule has 8 heteroatoms. The van der Waals surface area contributed by atoms with Crippen molar-refractivity contribution in [3.05, 3.63) is 67.5 Å². The van der Waals surface area contributed by atoms with Gasteiger partial charge in [0, 0.05) is 5.56 Å². The maximum atomic E-state index is 13.2. The number of nitrogens with zero attached hydrogens (tertiary/aromatic N) is 3. The highest BCUT2D eigenvalue weighted by atomic mass is 79.9. The fourth-order valence-corrected chi connectivity index (χ4v) is 2.41. The second-order valence-corrected chi connectivity index (χ2v) is 6.07. The Bertz CT molecular complexity index is 892. The molecule has 0 aliphatic rings. The first kappa shape index (κ1) is 15.1. The van der Waals surface area contributed by atoms with Crippen LogP contribution in [0.4, 0.5) is 4.39 Å². The highest BCUT2D eigenvalue weighted by Gasteiger charge is 2.11. The minimum absolute atomic E-state index is 0.156. The van der Waals surface area contributed by atoms with Crippen molar-refractivity contribution >= 4 is 31.9 Å². The Morgan fingerprint density at radius 3 is 2.91 bits per heavy atom. The lowest BCUT2D eigenvalue weighted by atomic mass is 10.2. The van der Waals surface area contributed by atoms with Crippen molar-refractivity contribution < 1.29 is 8.81 Å². The van der Waals surface area contributed by atoms with Gasteiger partial charge in [0.25, 0.3) is 5.56 Å². The van der Waals surface area contributed by atoms with E-state index in [-0.39, 0.29) is 17.9 Å². The van der Waals surface area contributed by atoms with E-state index in [1.54, 1.807) is 12.1 Å². The van der Waals surface area contributed by atoms with Gasteiger partial charge >= 0.3 is 0 Å². The predicted octanol–water partition coefficient (Wildman–Crippen LogP) is 3.61. The molecule has 0 radical (unpaired) electrons. The van der Waals surface area contributed by atoms with Gasteiger partial charge in [0.2, 0.25) is 5.89 Å². The fraction of sp³-hybridized carbons (Fsp3) is 0.0714. The van der Waals surface area contributed by atoms with Gasteiger partial charge < -0.3 is 4.42 Å². The van der Waals surface area contributed by atoms with E-state index in [1.807, 2.05) is 0 Å². The zero-order valence-electron chi connectivity index (χ0n) is 11.0. The molecule has 1 aromatic carbocycles. The molecular formula is C14H8Br2FN3O2. The van der Waals surface area contributed by atoms with E-state index in [2.05, 4.69) is 41.9 Å². The third-order valence-electron chi connectivity index (χ3n) is 2.88. The first-order chi connectivity index (χ1) is 10.5. The summed E-state index contributed by atoms with van der Waals surface area (Å²) >= 11 is 6.40. The van der Waals surface area contributed by atoms with Gasteiger partial charge in [0.15, 0.2) is 0 Å². The molecule has 0 aliphatic carbocycles. The van der Waals surface area contributed by atoms with E-state index < -0.39 is 0 Å². The molecule has 0 atom stereocenters. The van der Waals surface area contributed by atoms with E-state index in [9.17, 15) is 9.18 Å². The summed E-state index contributed by atoms with van der Waals surface area (Å²) < 4.78 is 20.8. The molecule has 2 aromatic heterocycles. The van der Waals surface area contributed by atoms with Crippen molar-refractivity contribution in [2.75, 3.05) is 0 Å². The molecule has 0 bridgehead atoms. The van der Waals surface area contributed by atoms with Gasteiger partial charge in [-0.3, -0.25) is 4.79 Å². The Labute approximate surface area is 141 Å². The summed E-state index contributed by atoms with van der Waals surface area (Å²) in [6.45, 7) is 0.156. The van der Waals surface area contributed by atoms with E-state index >= 15 is 0 Å². The lowest BCUT2D eigenvalue weighted by Gasteiger charge is -2.02. The van der Waals surface area contributed by atoms with Gasteiger partial charge in [-0.25, -0.2) is 14.1 Å². The third kappa shape index (κ3) is 3.02. The largest absolute Gasteiger partial charge is 0.444 e. The third-order valence-corrected chi connectivity index (χ3v) is 4.78. The average Bonchev–Trinajstić information content (AvgIpc) is 2.97. The van der Waals surface area contributed by atoms with Gasteiger partial charge in [-0.15, -0.1) is 0 Å². The molecule has 0 spiro atoms. The molecule has 2 heterocycles. The van der Waals surface area contributed by atoms with Crippen LogP contribution in [-0.2, 0) is 6.54 Å². The summed E-state index contributed by atoms with van der Waals surface area (Å²) in [4.78, 5) is 16.3. The van der Waals surface area contributed by atoms with Crippen molar-refractivity contribution in [2.24, 2.45) is 0 Å². The normalized spacial score (nSPS) is 10.9. The Kier molecular flexibility index (Phi) is 4.21. The predicted molar refractivity (Wildman–Crippen MR) is 84.9 cm³/mol. The number of rotatable bonds is 3. The minimum atomic E-state index is -0.369. The lowest BCUT2D eigenvalue weighted by molar-refractivity contribution is 0.565. The summed E-state index contributed by atoms with van der Waals surface area (Å²) in [5, 5.41) is 4.02. The SMILES string of the molecule is O=c1c(Br)c(Br)cnn1Cc1coc(-c2cccc(F)c2)n1. The van der Waals surface area contributed by atoms with Crippen LogP contribution in [0.25, 0.3) is 11.5 Å².